The molecule has 1 fully saturated rings. The smallest absolute Gasteiger partial charge is 0.272 e. The van der Waals surface area contributed by atoms with Gasteiger partial charge in [-0.2, -0.15) is 5.10 Å². The largest absolute Gasteiger partial charge is 0.333 e. The summed E-state index contributed by atoms with van der Waals surface area (Å²) in [6.07, 6.45) is 7.16. The molecule has 1 aliphatic rings. The zero-order valence-electron chi connectivity index (χ0n) is 10.2. The van der Waals surface area contributed by atoms with Crippen molar-refractivity contribution >= 4 is 5.91 Å². The van der Waals surface area contributed by atoms with Gasteiger partial charge in [-0.3, -0.25) is 9.48 Å². The minimum absolute atomic E-state index is 0.0608. The van der Waals surface area contributed by atoms with Crippen LogP contribution in [0.5, 0.6) is 0 Å². The van der Waals surface area contributed by atoms with Crippen molar-refractivity contribution in [2.75, 3.05) is 13.1 Å². The molecule has 3 rings (SSSR count). The first-order chi connectivity index (χ1) is 8.79. The third-order valence-corrected chi connectivity index (χ3v) is 3.33. The monoisotopic (exact) mass is 245 g/mol. The molecule has 0 aliphatic carbocycles. The van der Waals surface area contributed by atoms with Crippen LogP contribution >= 0.6 is 0 Å². The predicted molar refractivity (Wildman–Crippen MR) is 65.1 cm³/mol. The summed E-state index contributed by atoms with van der Waals surface area (Å²) in [7, 11) is 0. The van der Waals surface area contributed by atoms with Crippen molar-refractivity contribution in [3.8, 4) is 0 Å². The SMILES string of the molecule is CCn1nccc1C(=O)N1CC(n2ccnc2)C1. The molecule has 3 heterocycles. The summed E-state index contributed by atoms with van der Waals surface area (Å²) < 4.78 is 3.77. The first-order valence-electron chi connectivity index (χ1n) is 6.08. The van der Waals surface area contributed by atoms with Crippen LogP contribution in [0.4, 0.5) is 0 Å². The molecule has 0 unspecified atom stereocenters. The number of aryl methyl sites for hydroxylation is 1. The average Bonchev–Trinajstić information content (AvgIpc) is 2.97. The van der Waals surface area contributed by atoms with Crippen molar-refractivity contribution in [1.82, 2.24) is 24.2 Å². The maximum atomic E-state index is 12.2. The van der Waals surface area contributed by atoms with Crippen LogP contribution in [0.3, 0.4) is 0 Å². The number of amides is 1. The fourth-order valence-electron chi connectivity index (χ4n) is 2.22. The number of rotatable bonds is 3. The molecule has 0 saturated carbocycles. The highest BCUT2D eigenvalue weighted by Crippen LogP contribution is 2.22. The first kappa shape index (κ1) is 11.0. The van der Waals surface area contributed by atoms with E-state index in [2.05, 4.69) is 10.1 Å². The van der Waals surface area contributed by atoms with E-state index in [0.29, 0.717) is 18.3 Å². The van der Waals surface area contributed by atoms with E-state index in [1.54, 1.807) is 29.5 Å². The molecule has 94 valence electrons. The lowest BCUT2D eigenvalue weighted by molar-refractivity contribution is 0.0508. The Balaban J connectivity index is 1.67. The zero-order valence-corrected chi connectivity index (χ0v) is 10.2. The molecule has 0 bridgehead atoms. The lowest BCUT2D eigenvalue weighted by Crippen LogP contribution is -2.50. The summed E-state index contributed by atoms with van der Waals surface area (Å²) in [5.74, 6) is 0.0608. The molecule has 0 aromatic carbocycles. The molecule has 0 spiro atoms. The summed E-state index contributed by atoms with van der Waals surface area (Å²) in [6.45, 7) is 4.18. The molecule has 1 saturated heterocycles. The molecule has 0 radical (unpaired) electrons. The van der Waals surface area contributed by atoms with Gasteiger partial charge in [0.05, 0.1) is 12.4 Å². The second-order valence-corrected chi connectivity index (χ2v) is 4.41. The molecule has 1 aliphatic heterocycles. The van der Waals surface area contributed by atoms with Crippen LogP contribution in [0.2, 0.25) is 0 Å². The Morgan fingerprint density at radius 3 is 2.94 bits per heavy atom. The van der Waals surface area contributed by atoms with Crippen molar-refractivity contribution in [2.45, 2.75) is 19.5 Å². The van der Waals surface area contributed by atoms with Crippen LogP contribution < -0.4 is 0 Å². The highest BCUT2D eigenvalue weighted by molar-refractivity contribution is 5.93. The van der Waals surface area contributed by atoms with E-state index >= 15 is 0 Å². The molecule has 6 heteroatoms. The van der Waals surface area contributed by atoms with Crippen LogP contribution in [-0.4, -0.2) is 43.2 Å². The Morgan fingerprint density at radius 2 is 2.28 bits per heavy atom. The van der Waals surface area contributed by atoms with E-state index in [1.165, 1.54) is 0 Å². The molecule has 2 aromatic rings. The van der Waals surface area contributed by atoms with Crippen LogP contribution in [-0.2, 0) is 6.54 Å². The van der Waals surface area contributed by atoms with Gasteiger partial charge in [0.2, 0.25) is 0 Å². The number of imidazole rings is 1. The highest BCUT2D eigenvalue weighted by Gasteiger charge is 2.33. The Hall–Kier alpha value is -2.11. The van der Waals surface area contributed by atoms with Crippen molar-refractivity contribution in [2.24, 2.45) is 0 Å². The van der Waals surface area contributed by atoms with E-state index in [4.69, 9.17) is 0 Å². The van der Waals surface area contributed by atoms with Crippen molar-refractivity contribution in [3.05, 3.63) is 36.7 Å². The van der Waals surface area contributed by atoms with Crippen LogP contribution in [0.1, 0.15) is 23.5 Å². The van der Waals surface area contributed by atoms with Gasteiger partial charge in [-0.25, -0.2) is 4.98 Å². The normalized spacial score (nSPS) is 15.7. The maximum absolute atomic E-state index is 12.2. The van der Waals surface area contributed by atoms with Gasteiger partial charge >= 0.3 is 0 Å². The number of carbonyl (C=O) groups excluding carboxylic acids is 1. The maximum Gasteiger partial charge on any atom is 0.272 e. The lowest BCUT2D eigenvalue weighted by Gasteiger charge is -2.39. The Morgan fingerprint density at radius 1 is 1.44 bits per heavy atom. The number of hydrogen-bond acceptors (Lipinski definition) is 3. The van der Waals surface area contributed by atoms with E-state index in [1.807, 2.05) is 22.6 Å². The molecule has 6 nitrogen and oxygen atoms in total. The molecule has 0 N–H and O–H groups in total. The number of carbonyl (C=O) groups is 1. The van der Waals surface area contributed by atoms with Gasteiger partial charge in [-0.1, -0.05) is 0 Å². The van der Waals surface area contributed by atoms with Gasteiger partial charge in [-0.15, -0.1) is 0 Å². The molecule has 18 heavy (non-hydrogen) atoms. The topological polar surface area (TPSA) is 56.0 Å². The third kappa shape index (κ3) is 1.70. The van der Waals surface area contributed by atoms with Crippen LogP contribution in [0.25, 0.3) is 0 Å². The summed E-state index contributed by atoms with van der Waals surface area (Å²) in [4.78, 5) is 18.1. The number of hydrogen-bond donors (Lipinski definition) is 0. The minimum atomic E-state index is 0.0608. The summed E-state index contributed by atoms with van der Waals surface area (Å²) >= 11 is 0. The Kier molecular flexibility index (Phi) is 2.62. The minimum Gasteiger partial charge on any atom is -0.333 e. The fourth-order valence-corrected chi connectivity index (χ4v) is 2.22. The fraction of sp³-hybridized carbons (Fsp3) is 0.417. The van der Waals surface area contributed by atoms with E-state index < -0.39 is 0 Å². The number of nitrogens with zero attached hydrogens (tertiary/aromatic N) is 5. The highest BCUT2D eigenvalue weighted by atomic mass is 16.2. The Bertz CT molecular complexity index is 539. The quantitative estimate of drug-likeness (QED) is 0.803. The summed E-state index contributed by atoms with van der Waals surface area (Å²) in [6, 6.07) is 2.13. The predicted octanol–water partition coefficient (Wildman–Crippen LogP) is 0.797. The van der Waals surface area contributed by atoms with Gasteiger partial charge < -0.3 is 9.47 Å². The summed E-state index contributed by atoms with van der Waals surface area (Å²) in [5, 5.41) is 4.12. The molecule has 0 atom stereocenters. The number of aromatic nitrogens is 4. The van der Waals surface area contributed by atoms with Gasteiger partial charge in [-0.05, 0) is 13.0 Å². The first-order valence-corrected chi connectivity index (χ1v) is 6.08. The van der Waals surface area contributed by atoms with Crippen molar-refractivity contribution in [3.63, 3.8) is 0 Å². The zero-order chi connectivity index (χ0) is 12.5. The van der Waals surface area contributed by atoms with Crippen molar-refractivity contribution in [1.29, 1.82) is 0 Å². The lowest BCUT2D eigenvalue weighted by atomic mass is 10.1. The van der Waals surface area contributed by atoms with Crippen LogP contribution in [0.15, 0.2) is 31.0 Å². The Labute approximate surface area is 105 Å². The van der Waals surface area contributed by atoms with Gasteiger partial charge in [0, 0.05) is 38.2 Å². The molecule has 1 amide bonds. The average molecular weight is 245 g/mol. The standard InChI is InChI=1S/C12H15N5O/c1-2-17-11(3-4-14-17)12(18)16-7-10(8-16)15-6-5-13-9-15/h3-6,9-10H,2,7-8H2,1H3. The summed E-state index contributed by atoms with van der Waals surface area (Å²) in [5.41, 5.74) is 0.668. The second-order valence-electron chi connectivity index (χ2n) is 4.41. The number of likely N-dealkylation sites (tertiary alicyclic amines) is 1. The van der Waals surface area contributed by atoms with Crippen LogP contribution in [0, 0.1) is 0 Å². The van der Waals surface area contributed by atoms with Gasteiger partial charge in [0.15, 0.2) is 0 Å². The molecular formula is C12H15N5O. The molecule has 2 aromatic heterocycles. The third-order valence-electron chi connectivity index (χ3n) is 3.33. The second kappa shape index (κ2) is 4.29. The van der Waals surface area contributed by atoms with Gasteiger partial charge in [0.1, 0.15) is 5.69 Å². The van der Waals surface area contributed by atoms with E-state index in [9.17, 15) is 4.79 Å². The molecular weight excluding hydrogens is 230 g/mol. The van der Waals surface area contributed by atoms with E-state index in [0.717, 1.165) is 13.1 Å². The van der Waals surface area contributed by atoms with Crippen molar-refractivity contribution < 1.29 is 4.79 Å². The van der Waals surface area contributed by atoms with E-state index in [-0.39, 0.29) is 5.91 Å². The van der Waals surface area contributed by atoms with Gasteiger partial charge in [0.25, 0.3) is 5.91 Å².